The first-order chi connectivity index (χ1) is 16.7. The average Bonchev–Trinajstić information content (AvgIpc) is 3.57. The van der Waals surface area contributed by atoms with Gasteiger partial charge in [-0.1, -0.05) is 22.9 Å². The van der Waals surface area contributed by atoms with E-state index in [-0.39, 0.29) is 33.3 Å². The van der Waals surface area contributed by atoms with Crippen LogP contribution in [0, 0.1) is 11.6 Å². The summed E-state index contributed by atoms with van der Waals surface area (Å²) in [6.07, 6.45) is 2.23. The zero-order valence-electron chi connectivity index (χ0n) is 18.0. The van der Waals surface area contributed by atoms with Gasteiger partial charge in [0.25, 0.3) is 0 Å². The van der Waals surface area contributed by atoms with Crippen LogP contribution in [0.3, 0.4) is 0 Å². The van der Waals surface area contributed by atoms with E-state index in [9.17, 15) is 22.0 Å². The number of nitrogens with zero attached hydrogens (tertiary/aromatic N) is 3. The Balaban J connectivity index is 1.53. The van der Waals surface area contributed by atoms with E-state index in [1.54, 1.807) is 12.1 Å². The lowest BCUT2D eigenvalue weighted by atomic mass is 10.2. The summed E-state index contributed by atoms with van der Waals surface area (Å²) in [5, 5.41) is 0.503. The van der Waals surface area contributed by atoms with Gasteiger partial charge in [-0.3, -0.25) is 9.69 Å². The van der Waals surface area contributed by atoms with Crippen molar-refractivity contribution in [1.29, 1.82) is 0 Å². The van der Waals surface area contributed by atoms with Gasteiger partial charge < -0.3 is 4.42 Å². The van der Waals surface area contributed by atoms with Crippen LogP contribution in [0.1, 0.15) is 18.6 Å². The summed E-state index contributed by atoms with van der Waals surface area (Å²) >= 11 is 6.84. The van der Waals surface area contributed by atoms with Crippen LogP contribution in [0.2, 0.25) is 5.02 Å². The number of hydrogen-bond donors (Lipinski definition) is 0. The second-order valence-corrected chi connectivity index (χ2v) is 11.3. The summed E-state index contributed by atoms with van der Waals surface area (Å²) in [4.78, 5) is 19.3. The smallest absolute Gasteiger partial charge is 0.247 e. The Kier molecular flexibility index (Phi) is 6.34. The highest BCUT2D eigenvalue weighted by atomic mass is 35.5. The number of aromatic nitrogens is 1. The van der Waals surface area contributed by atoms with Crippen LogP contribution in [-0.2, 0) is 21.4 Å². The molecule has 1 saturated heterocycles. The molecule has 12 heteroatoms. The number of sulfonamides is 1. The van der Waals surface area contributed by atoms with Gasteiger partial charge in [0.15, 0.2) is 10.9 Å². The first-order valence-corrected chi connectivity index (χ1v) is 13.2. The van der Waals surface area contributed by atoms with Gasteiger partial charge in [0.1, 0.15) is 23.1 Å². The monoisotopic (exact) mass is 537 g/mol. The van der Waals surface area contributed by atoms with Crippen LogP contribution in [0.15, 0.2) is 64.1 Å². The van der Waals surface area contributed by atoms with Gasteiger partial charge in [-0.05, 0) is 55.3 Å². The number of anilines is 1. The predicted molar refractivity (Wildman–Crippen MR) is 128 cm³/mol. The molecule has 0 N–H and O–H groups in total. The van der Waals surface area contributed by atoms with Crippen molar-refractivity contribution in [2.45, 2.75) is 30.3 Å². The molecule has 1 aliphatic heterocycles. The lowest BCUT2D eigenvalue weighted by Gasteiger charge is -2.28. The van der Waals surface area contributed by atoms with Gasteiger partial charge in [0.2, 0.25) is 15.9 Å². The SMILES string of the molecule is O=C(C1CCCN1S(=O)(=O)c1ccc(Cl)cc1)N(Cc1ccco1)c1nc2c(F)cc(F)cc2s1. The van der Waals surface area contributed by atoms with Gasteiger partial charge in [-0.15, -0.1) is 0 Å². The maximum atomic E-state index is 14.3. The fourth-order valence-corrected chi connectivity index (χ4v) is 6.84. The second-order valence-electron chi connectivity index (χ2n) is 7.96. The third kappa shape index (κ3) is 4.56. The molecule has 0 spiro atoms. The summed E-state index contributed by atoms with van der Waals surface area (Å²) in [5.74, 6) is -1.71. The molecule has 0 bridgehead atoms. The molecule has 182 valence electrons. The normalized spacial score (nSPS) is 16.7. The van der Waals surface area contributed by atoms with Gasteiger partial charge in [0.05, 0.1) is 22.4 Å². The molecule has 1 amide bonds. The van der Waals surface area contributed by atoms with E-state index in [1.165, 1.54) is 39.7 Å². The lowest BCUT2D eigenvalue weighted by molar-refractivity contribution is -0.121. The van der Waals surface area contributed by atoms with Gasteiger partial charge in [0, 0.05) is 17.6 Å². The molecule has 1 atom stereocenters. The molecular weight excluding hydrogens is 520 g/mol. The number of thiazole rings is 1. The zero-order chi connectivity index (χ0) is 24.7. The topological polar surface area (TPSA) is 83.7 Å². The van der Waals surface area contributed by atoms with Crippen molar-refractivity contribution >= 4 is 54.2 Å². The molecule has 35 heavy (non-hydrogen) atoms. The fraction of sp³-hybridized carbons (Fsp3) is 0.217. The Morgan fingerprint density at radius 2 is 2.00 bits per heavy atom. The maximum absolute atomic E-state index is 14.3. The summed E-state index contributed by atoms with van der Waals surface area (Å²) in [6.45, 7) is 0.108. The number of fused-ring (bicyclic) bond motifs is 1. The number of amides is 1. The molecule has 0 aliphatic carbocycles. The Bertz CT molecular complexity index is 1490. The largest absolute Gasteiger partial charge is 0.467 e. The van der Waals surface area contributed by atoms with Crippen LogP contribution in [0.4, 0.5) is 13.9 Å². The standard InChI is InChI=1S/C23H18ClF2N3O4S2/c24-14-5-7-17(8-6-14)35(31,32)29-9-1-4-19(29)22(30)28(13-16-3-2-10-33-16)23-27-21-18(26)11-15(25)12-20(21)34-23/h2-3,5-8,10-12,19H,1,4,9,13H2. The van der Waals surface area contributed by atoms with E-state index in [1.807, 2.05) is 0 Å². The molecule has 0 radical (unpaired) electrons. The zero-order valence-corrected chi connectivity index (χ0v) is 20.4. The van der Waals surface area contributed by atoms with Gasteiger partial charge in [-0.2, -0.15) is 4.31 Å². The Labute approximate surface area is 208 Å². The summed E-state index contributed by atoms with van der Waals surface area (Å²) in [7, 11) is -3.99. The van der Waals surface area contributed by atoms with Crippen molar-refractivity contribution in [1.82, 2.24) is 9.29 Å². The second kappa shape index (κ2) is 9.30. The van der Waals surface area contributed by atoms with Crippen LogP contribution >= 0.6 is 22.9 Å². The highest BCUT2D eigenvalue weighted by Gasteiger charge is 2.42. The first kappa shape index (κ1) is 23.9. The van der Waals surface area contributed by atoms with Crippen molar-refractivity contribution in [2.75, 3.05) is 11.4 Å². The molecule has 1 fully saturated rings. The molecule has 1 unspecified atom stereocenters. The van der Waals surface area contributed by atoms with E-state index in [4.69, 9.17) is 16.0 Å². The third-order valence-corrected chi connectivity index (χ3v) is 8.90. The van der Waals surface area contributed by atoms with E-state index < -0.39 is 33.6 Å². The van der Waals surface area contributed by atoms with Crippen LogP contribution < -0.4 is 4.90 Å². The molecule has 0 saturated carbocycles. The number of halogens is 3. The van der Waals surface area contributed by atoms with Crippen molar-refractivity contribution in [3.8, 4) is 0 Å². The van der Waals surface area contributed by atoms with Crippen molar-refractivity contribution < 1.29 is 26.4 Å². The van der Waals surface area contributed by atoms with E-state index in [2.05, 4.69) is 4.98 Å². The minimum Gasteiger partial charge on any atom is -0.467 e. The van der Waals surface area contributed by atoms with Crippen molar-refractivity contribution in [2.24, 2.45) is 0 Å². The number of furan rings is 1. The molecule has 5 rings (SSSR count). The molecule has 1 aliphatic rings. The van der Waals surface area contributed by atoms with E-state index >= 15 is 0 Å². The Hall–Kier alpha value is -2.86. The molecule has 2 aromatic carbocycles. The summed E-state index contributed by atoms with van der Waals surface area (Å²) < 4.78 is 61.6. The average molecular weight is 538 g/mol. The molecule has 7 nitrogen and oxygen atoms in total. The molecule has 2 aromatic heterocycles. The minimum absolute atomic E-state index is 0.0247. The summed E-state index contributed by atoms with van der Waals surface area (Å²) in [5.41, 5.74) is -0.0688. The Morgan fingerprint density at radius 1 is 1.23 bits per heavy atom. The van der Waals surface area contributed by atoms with Crippen LogP contribution in [0.25, 0.3) is 10.2 Å². The van der Waals surface area contributed by atoms with Gasteiger partial charge in [-0.25, -0.2) is 22.2 Å². The highest BCUT2D eigenvalue weighted by Crippen LogP contribution is 2.35. The molecule has 3 heterocycles. The molecular formula is C23H18ClF2N3O4S2. The number of carbonyl (C=O) groups excluding carboxylic acids is 1. The molecule has 4 aromatic rings. The fourth-order valence-electron chi connectivity index (χ4n) is 4.06. The van der Waals surface area contributed by atoms with Crippen LogP contribution in [0.5, 0.6) is 0 Å². The lowest BCUT2D eigenvalue weighted by Crippen LogP contribution is -2.47. The first-order valence-electron chi connectivity index (χ1n) is 10.6. The van der Waals surface area contributed by atoms with Crippen molar-refractivity contribution in [3.05, 3.63) is 77.2 Å². The van der Waals surface area contributed by atoms with E-state index in [0.29, 0.717) is 23.6 Å². The minimum atomic E-state index is -3.99. The third-order valence-electron chi connectivity index (χ3n) is 5.70. The highest BCUT2D eigenvalue weighted by molar-refractivity contribution is 7.89. The predicted octanol–water partition coefficient (Wildman–Crippen LogP) is 5.21. The quantitative estimate of drug-likeness (QED) is 0.337. The number of carbonyl (C=O) groups is 1. The van der Waals surface area contributed by atoms with Crippen molar-refractivity contribution in [3.63, 3.8) is 0 Å². The maximum Gasteiger partial charge on any atom is 0.247 e. The number of hydrogen-bond acceptors (Lipinski definition) is 6. The number of rotatable bonds is 6. The Morgan fingerprint density at radius 3 is 2.71 bits per heavy atom. The summed E-state index contributed by atoms with van der Waals surface area (Å²) in [6, 6.07) is 9.90. The van der Waals surface area contributed by atoms with E-state index in [0.717, 1.165) is 23.5 Å². The van der Waals surface area contributed by atoms with Gasteiger partial charge >= 0.3 is 0 Å². The van der Waals surface area contributed by atoms with Crippen LogP contribution in [-0.4, -0.2) is 36.2 Å². The number of benzene rings is 2.